The summed E-state index contributed by atoms with van der Waals surface area (Å²) in [6.45, 7) is 0. The molecule has 1 heterocycles. The first kappa shape index (κ1) is 12.8. The van der Waals surface area contributed by atoms with E-state index in [0.717, 1.165) is 6.07 Å². The van der Waals surface area contributed by atoms with Gasteiger partial charge in [-0.1, -0.05) is 0 Å². The molecule has 0 saturated heterocycles. The van der Waals surface area contributed by atoms with Crippen LogP contribution < -0.4 is 5.69 Å². The molecule has 21 heavy (non-hydrogen) atoms. The van der Waals surface area contributed by atoms with Crippen LogP contribution in [0.15, 0.2) is 47.3 Å². The second kappa shape index (κ2) is 4.71. The molecule has 4 N–H and O–H groups in total. The number of phenols is 3. The van der Waals surface area contributed by atoms with Crippen molar-refractivity contribution in [2.45, 2.75) is 0 Å². The van der Waals surface area contributed by atoms with Crippen LogP contribution >= 0.6 is 0 Å². The lowest BCUT2D eigenvalue weighted by atomic mass is 10.1. The molecule has 3 aromatic rings. The monoisotopic (exact) mass is 285 g/mol. The molecular formula is C14H11N3O4. The summed E-state index contributed by atoms with van der Waals surface area (Å²) in [5, 5.41) is 34.7. The topological polar surface area (TPSA) is 111 Å². The molecule has 1 aromatic heterocycles. The number of nitrogens with one attached hydrogen (secondary N) is 1. The fraction of sp³-hybridized carbons (Fsp3) is 0. The van der Waals surface area contributed by atoms with Gasteiger partial charge in [-0.25, -0.2) is 14.5 Å². The zero-order valence-electron chi connectivity index (χ0n) is 10.7. The SMILES string of the molecule is O=c1[nH]nc(-c2ccc(O)cc2O)n1-c1ccc(O)cc1. The van der Waals surface area contributed by atoms with Gasteiger partial charge in [-0.2, -0.15) is 5.10 Å². The standard InChI is InChI=1S/C14H11N3O4/c18-9-3-1-8(2-4-9)17-13(15-16-14(17)21)11-6-5-10(19)7-12(11)20/h1-7,18-20H,(H,16,21). The van der Waals surface area contributed by atoms with Gasteiger partial charge < -0.3 is 15.3 Å². The smallest absolute Gasteiger partial charge is 0.348 e. The van der Waals surface area contributed by atoms with Crippen LogP contribution in [0.25, 0.3) is 17.1 Å². The Labute approximate surface area is 118 Å². The second-order valence-electron chi connectivity index (χ2n) is 4.41. The van der Waals surface area contributed by atoms with Crippen molar-refractivity contribution in [3.8, 4) is 34.3 Å². The zero-order chi connectivity index (χ0) is 15.0. The van der Waals surface area contributed by atoms with Crippen LogP contribution in [0.4, 0.5) is 0 Å². The highest BCUT2D eigenvalue weighted by molar-refractivity contribution is 5.66. The van der Waals surface area contributed by atoms with Gasteiger partial charge in [0.15, 0.2) is 5.82 Å². The summed E-state index contributed by atoms with van der Waals surface area (Å²) in [6.07, 6.45) is 0. The van der Waals surface area contributed by atoms with Crippen molar-refractivity contribution >= 4 is 0 Å². The van der Waals surface area contributed by atoms with Gasteiger partial charge >= 0.3 is 5.69 Å². The summed E-state index contributed by atoms with van der Waals surface area (Å²) < 4.78 is 1.26. The number of benzene rings is 2. The first-order valence-corrected chi connectivity index (χ1v) is 6.05. The molecule has 0 aliphatic rings. The number of nitrogens with zero attached hydrogens (tertiary/aromatic N) is 2. The maximum Gasteiger partial charge on any atom is 0.348 e. The average molecular weight is 285 g/mol. The summed E-state index contributed by atoms with van der Waals surface area (Å²) in [4.78, 5) is 11.9. The molecule has 0 aliphatic carbocycles. The van der Waals surface area contributed by atoms with Crippen LogP contribution in [0.2, 0.25) is 0 Å². The summed E-state index contributed by atoms with van der Waals surface area (Å²) in [5.74, 6) is -0.0214. The van der Waals surface area contributed by atoms with Gasteiger partial charge in [0.2, 0.25) is 0 Å². The number of aromatic hydroxyl groups is 3. The number of hydrogen-bond donors (Lipinski definition) is 4. The van der Waals surface area contributed by atoms with Crippen molar-refractivity contribution < 1.29 is 15.3 Å². The Morgan fingerprint density at radius 3 is 2.29 bits per heavy atom. The zero-order valence-corrected chi connectivity index (χ0v) is 10.7. The Hall–Kier alpha value is -3.22. The summed E-state index contributed by atoms with van der Waals surface area (Å²) in [5.41, 5.74) is 0.288. The molecule has 0 atom stereocenters. The molecule has 7 nitrogen and oxygen atoms in total. The van der Waals surface area contributed by atoms with E-state index in [1.165, 1.54) is 28.8 Å². The Bertz CT molecular complexity index is 849. The van der Waals surface area contributed by atoms with Crippen molar-refractivity contribution in [3.63, 3.8) is 0 Å². The molecular weight excluding hydrogens is 274 g/mol. The van der Waals surface area contributed by atoms with Crippen LogP contribution in [0, 0.1) is 0 Å². The molecule has 0 bridgehead atoms. The molecule has 7 heteroatoms. The maximum atomic E-state index is 11.9. The molecule has 0 spiro atoms. The molecule has 0 radical (unpaired) electrons. The van der Waals surface area contributed by atoms with Crippen LogP contribution in [0.5, 0.6) is 17.2 Å². The van der Waals surface area contributed by atoms with Gasteiger partial charge in [0.1, 0.15) is 17.2 Å². The van der Waals surface area contributed by atoms with Gasteiger partial charge in [0, 0.05) is 6.07 Å². The van der Waals surface area contributed by atoms with Crippen molar-refractivity contribution in [1.29, 1.82) is 0 Å². The number of rotatable bonds is 2. The van der Waals surface area contributed by atoms with E-state index in [1.54, 1.807) is 12.1 Å². The molecule has 0 aliphatic heterocycles. The Morgan fingerprint density at radius 2 is 1.62 bits per heavy atom. The Morgan fingerprint density at radius 1 is 0.952 bits per heavy atom. The van der Waals surface area contributed by atoms with E-state index < -0.39 is 5.69 Å². The summed E-state index contributed by atoms with van der Waals surface area (Å²) in [7, 11) is 0. The third-order valence-corrected chi connectivity index (χ3v) is 3.00. The van der Waals surface area contributed by atoms with Crippen molar-refractivity contribution in [2.75, 3.05) is 0 Å². The Balaban J connectivity index is 2.21. The van der Waals surface area contributed by atoms with Crippen molar-refractivity contribution in [2.24, 2.45) is 0 Å². The molecule has 0 amide bonds. The average Bonchev–Trinajstić information content (AvgIpc) is 2.82. The highest BCUT2D eigenvalue weighted by Crippen LogP contribution is 2.31. The number of H-pyrrole nitrogens is 1. The minimum atomic E-state index is -0.483. The molecule has 3 rings (SSSR count). The van der Waals surface area contributed by atoms with E-state index in [0.29, 0.717) is 11.3 Å². The van der Waals surface area contributed by atoms with E-state index in [1.807, 2.05) is 0 Å². The molecule has 2 aromatic carbocycles. The fourth-order valence-corrected chi connectivity index (χ4v) is 2.03. The minimum absolute atomic E-state index is 0.0734. The molecule has 106 valence electrons. The molecule has 0 fully saturated rings. The lowest BCUT2D eigenvalue weighted by Crippen LogP contribution is -2.15. The van der Waals surface area contributed by atoms with Crippen molar-refractivity contribution in [1.82, 2.24) is 14.8 Å². The lowest BCUT2D eigenvalue weighted by molar-refractivity contribution is 0.451. The summed E-state index contributed by atoms with van der Waals surface area (Å²) >= 11 is 0. The van der Waals surface area contributed by atoms with E-state index in [9.17, 15) is 20.1 Å². The van der Waals surface area contributed by atoms with E-state index in [4.69, 9.17) is 0 Å². The fourth-order valence-electron chi connectivity index (χ4n) is 2.03. The molecule has 0 saturated carbocycles. The quantitative estimate of drug-likeness (QED) is 0.568. The van der Waals surface area contributed by atoms with Gasteiger partial charge in [-0.3, -0.25) is 0 Å². The van der Waals surface area contributed by atoms with E-state index in [2.05, 4.69) is 10.2 Å². The highest BCUT2D eigenvalue weighted by Gasteiger charge is 2.16. The largest absolute Gasteiger partial charge is 0.508 e. The van der Waals surface area contributed by atoms with E-state index >= 15 is 0 Å². The van der Waals surface area contributed by atoms with Crippen LogP contribution in [-0.2, 0) is 0 Å². The normalized spacial score (nSPS) is 10.7. The van der Waals surface area contributed by atoms with Gasteiger partial charge in [0.25, 0.3) is 0 Å². The maximum absolute atomic E-state index is 11.9. The molecule has 0 unspecified atom stereocenters. The van der Waals surface area contributed by atoms with Crippen LogP contribution in [0.1, 0.15) is 0 Å². The highest BCUT2D eigenvalue weighted by atomic mass is 16.3. The summed E-state index contributed by atoms with van der Waals surface area (Å²) in [6, 6.07) is 9.98. The van der Waals surface area contributed by atoms with Gasteiger partial charge in [-0.15, -0.1) is 0 Å². The first-order chi connectivity index (χ1) is 10.1. The third kappa shape index (κ3) is 2.20. The van der Waals surface area contributed by atoms with E-state index in [-0.39, 0.29) is 23.1 Å². The first-order valence-electron chi connectivity index (χ1n) is 6.05. The van der Waals surface area contributed by atoms with Gasteiger partial charge in [0.05, 0.1) is 11.3 Å². The van der Waals surface area contributed by atoms with Crippen LogP contribution in [0.3, 0.4) is 0 Å². The predicted molar refractivity (Wildman–Crippen MR) is 74.6 cm³/mol. The number of hydrogen-bond acceptors (Lipinski definition) is 5. The number of aromatic nitrogens is 3. The number of phenolic OH excluding ortho intramolecular Hbond substituents is 3. The second-order valence-corrected chi connectivity index (χ2v) is 4.41. The Kier molecular flexibility index (Phi) is 2.87. The third-order valence-electron chi connectivity index (χ3n) is 3.00. The lowest BCUT2D eigenvalue weighted by Gasteiger charge is -2.07. The van der Waals surface area contributed by atoms with Gasteiger partial charge in [-0.05, 0) is 36.4 Å². The van der Waals surface area contributed by atoms with Crippen LogP contribution in [-0.4, -0.2) is 30.1 Å². The number of aromatic amines is 1. The predicted octanol–water partition coefficient (Wildman–Crippen LogP) is 1.34. The minimum Gasteiger partial charge on any atom is -0.508 e. The van der Waals surface area contributed by atoms with Crippen molar-refractivity contribution in [3.05, 3.63) is 52.9 Å².